The summed E-state index contributed by atoms with van der Waals surface area (Å²) in [6.45, 7) is 0. The number of nitrogens with zero attached hydrogens (tertiary/aromatic N) is 2. The standard InChI is InChI=1S/C42H30N2/c1-3-12-29(13-4-1)31-22-24-42-37(27-31)36-19-8-10-21-40(36)44(42)34-17-11-14-30(26-34)32-23-25-41-38(28-32)35-18-7-9-20-39(35)43(41)33-15-5-2-6-16-33/h1-28,37,42H. The van der Waals surface area contributed by atoms with Crippen LogP contribution in [0.5, 0.6) is 0 Å². The molecule has 44 heavy (non-hydrogen) atoms. The summed E-state index contributed by atoms with van der Waals surface area (Å²) in [6, 6.07) is 55.2. The van der Waals surface area contributed by atoms with Crippen LogP contribution in [-0.2, 0) is 0 Å². The van der Waals surface area contributed by atoms with Crippen LogP contribution in [0.4, 0.5) is 11.4 Å². The lowest BCUT2D eigenvalue weighted by molar-refractivity contribution is 0.747. The Balaban J connectivity index is 1.14. The van der Waals surface area contributed by atoms with Gasteiger partial charge in [0.05, 0.1) is 17.1 Å². The van der Waals surface area contributed by atoms with Gasteiger partial charge in [-0.2, -0.15) is 0 Å². The lowest BCUT2D eigenvalue weighted by Crippen LogP contribution is -2.29. The molecule has 6 aromatic carbocycles. The molecule has 9 rings (SSSR count). The van der Waals surface area contributed by atoms with E-state index in [4.69, 9.17) is 0 Å². The Hall–Kier alpha value is -5.60. The molecule has 0 amide bonds. The van der Waals surface area contributed by atoms with Crippen molar-refractivity contribution in [2.24, 2.45) is 0 Å². The number of hydrogen-bond acceptors (Lipinski definition) is 1. The molecule has 2 unspecified atom stereocenters. The van der Waals surface area contributed by atoms with E-state index in [1.54, 1.807) is 0 Å². The first-order valence-electron chi connectivity index (χ1n) is 15.4. The Labute approximate surface area is 257 Å². The normalized spacial score (nSPS) is 17.1. The average molecular weight is 563 g/mol. The SMILES string of the molecule is C1=CC2C(C=C1c1ccccc1)c1ccccc1N2c1cccc(-c2ccc3c(c2)c2ccccc2n3-c2ccccc2)c1. The minimum atomic E-state index is 0.237. The van der Waals surface area contributed by atoms with E-state index in [1.807, 2.05) is 0 Å². The van der Waals surface area contributed by atoms with Crippen LogP contribution in [0.25, 0.3) is 44.2 Å². The van der Waals surface area contributed by atoms with Gasteiger partial charge in [-0.15, -0.1) is 0 Å². The van der Waals surface area contributed by atoms with E-state index >= 15 is 0 Å². The molecular formula is C42H30N2. The van der Waals surface area contributed by atoms with Gasteiger partial charge in [0.2, 0.25) is 0 Å². The van der Waals surface area contributed by atoms with E-state index in [9.17, 15) is 0 Å². The number of para-hydroxylation sites is 3. The molecule has 0 bridgehead atoms. The minimum absolute atomic E-state index is 0.237. The molecule has 0 saturated heterocycles. The summed E-state index contributed by atoms with van der Waals surface area (Å²) in [5.74, 6) is 0.301. The number of hydrogen-bond donors (Lipinski definition) is 0. The molecule has 208 valence electrons. The average Bonchev–Trinajstić information content (AvgIpc) is 3.61. The molecule has 1 aliphatic heterocycles. The van der Waals surface area contributed by atoms with Gasteiger partial charge >= 0.3 is 0 Å². The number of benzene rings is 6. The van der Waals surface area contributed by atoms with Crippen LogP contribution in [0.2, 0.25) is 0 Å². The highest BCUT2D eigenvalue weighted by atomic mass is 15.2. The van der Waals surface area contributed by atoms with E-state index in [0.29, 0.717) is 5.92 Å². The quantitative estimate of drug-likeness (QED) is 0.207. The Kier molecular flexibility index (Phi) is 5.67. The van der Waals surface area contributed by atoms with Crippen LogP contribution in [-0.4, -0.2) is 10.6 Å². The molecule has 7 aromatic rings. The van der Waals surface area contributed by atoms with Crippen molar-refractivity contribution in [3.63, 3.8) is 0 Å². The zero-order chi connectivity index (χ0) is 29.0. The summed E-state index contributed by atoms with van der Waals surface area (Å²) in [5.41, 5.74) is 12.5. The molecule has 0 spiro atoms. The van der Waals surface area contributed by atoms with Crippen molar-refractivity contribution in [2.45, 2.75) is 12.0 Å². The van der Waals surface area contributed by atoms with Gasteiger partial charge in [-0.1, -0.05) is 121 Å². The summed E-state index contributed by atoms with van der Waals surface area (Å²) in [5, 5.41) is 2.54. The van der Waals surface area contributed by atoms with Crippen molar-refractivity contribution in [3.05, 3.63) is 181 Å². The fraction of sp³-hybridized carbons (Fsp3) is 0.0476. The molecule has 1 aromatic heterocycles. The van der Waals surface area contributed by atoms with Crippen LogP contribution in [0.15, 0.2) is 170 Å². The zero-order valence-electron chi connectivity index (χ0n) is 24.2. The monoisotopic (exact) mass is 562 g/mol. The van der Waals surface area contributed by atoms with E-state index in [-0.39, 0.29) is 6.04 Å². The van der Waals surface area contributed by atoms with Crippen LogP contribution in [0.3, 0.4) is 0 Å². The largest absolute Gasteiger partial charge is 0.333 e. The van der Waals surface area contributed by atoms with Gasteiger partial charge in [-0.05, 0) is 76.4 Å². The Morgan fingerprint density at radius 3 is 2.05 bits per heavy atom. The van der Waals surface area contributed by atoms with Gasteiger partial charge in [0.15, 0.2) is 0 Å². The zero-order valence-corrected chi connectivity index (χ0v) is 24.2. The van der Waals surface area contributed by atoms with Crippen molar-refractivity contribution >= 4 is 38.8 Å². The van der Waals surface area contributed by atoms with Crippen molar-refractivity contribution in [1.29, 1.82) is 0 Å². The fourth-order valence-electron chi connectivity index (χ4n) is 7.32. The van der Waals surface area contributed by atoms with Gasteiger partial charge in [-0.25, -0.2) is 0 Å². The summed E-state index contributed by atoms with van der Waals surface area (Å²) < 4.78 is 2.37. The third-order valence-corrected chi connectivity index (χ3v) is 9.31. The first kappa shape index (κ1) is 24.9. The maximum Gasteiger partial charge on any atom is 0.0630 e. The van der Waals surface area contributed by atoms with Crippen LogP contribution < -0.4 is 4.90 Å². The van der Waals surface area contributed by atoms with Crippen molar-refractivity contribution < 1.29 is 0 Å². The van der Waals surface area contributed by atoms with E-state index in [0.717, 1.165) is 0 Å². The summed E-state index contributed by atoms with van der Waals surface area (Å²) in [6.07, 6.45) is 7.15. The molecule has 2 aliphatic rings. The second-order valence-corrected chi connectivity index (χ2v) is 11.8. The number of allylic oxidation sites excluding steroid dienone is 2. The number of aromatic nitrogens is 1. The van der Waals surface area contributed by atoms with E-state index in [2.05, 4.69) is 179 Å². The van der Waals surface area contributed by atoms with Crippen molar-refractivity contribution in [3.8, 4) is 16.8 Å². The predicted molar refractivity (Wildman–Crippen MR) is 185 cm³/mol. The third-order valence-electron chi connectivity index (χ3n) is 9.31. The Morgan fingerprint density at radius 2 is 1.16 bits per heavy atom. The minimum Gasteiger partial charge on any atom is -0.333 e. The first-order valence-corrected chi connectivity index (χ1v) is 15.4. The Morgan fingerprint density at radius 1 is 0.477 bits per heavy atom. The summed E-state index contributed by atoms with van der Waals surface area (Å²) in [7, 11) is 0. The second kappa shape index (κ2) is 10.00. The second-order valence-electron chi connectivity index (χ2n) is 11.8. The molecular weight excluding hydrogens is 532 g/mol. The number of fused-ring (bicyclic) bond motifs is 6. The Bertz CT molecular complexity index is 2240. The molecule has 0 saturated carbocycles. The molecule has 1 aliphatic carbocycles. The number of rotatable bonds is 4. The van der Waals surface area contributed by atoms with Gasteiger partial charge in [0.1, 0.15) is 0 Å². The van der Waals surface area contributed by atoms with E-state index < -0.39 is 0 Å². The highest BCUT2D eigenvalue weighted by molar-refractivity contribution is 6.10. The maximum atomic E-state index is 2.53. The predicted octanol–water partition coefficient (Wildman–Crippen LogP) is 10.7. The van der Waals surface area contributed by atoms with Gasteiger partial charge in [-0.3, -0.25) is 0 Å². The first-order chi connectivity index (χ1) is 21.8. The maximum absolute atomic E-state index is 2.53. The van der Waals surface area contributed by atoms with Crippen LogP contribution in [0, 0.1) is 0 Å². The summed E-state index contributed by atoms with van der Waals surface area (Å²) >= 11 is 0. The van der Waals surface area contributed by atoms with Crippen molar-refractivity contribution in [2.75, 3.05) is 4.90 Å². The van der Waals surface area contributed by atoms with Gasteiger partial charge < -0.3 is 9.47 Å². The molecule has 0 fully saturated rings. The van der Waals surface area contributed by atoms with Gasteiger partial charge in [0.25, 0.3) is 0 Å². The third kappa shape index (κ3) is 3.88. The molecule has 2 heteroatoms. The topological polar surface area (TPSA) is 8.17 Å². The molecule has 2 nitrogen and oxygen atoms in total. The highest BCUT2D eigenvalue weighted by Gasteiger charge is 2.38. The number of anilines is 2. The van der Waals surface area contributed by atoms with E-state index in [1.165, 1.54) is 66.7 Å². The van der Waals surface area contributed by atoms with Crippen LogP contribution >= 0.6 is 0 Å². The summed E-state index contributed by atoms with van der Waals surface area (Å²) in [4.78, 5) is 2.53. The highest BCUT2D eigenvalue weighted by Crippen LogP contribution is 2.49. The molecule has 0 N–H and O–H groups in total. The molecule has 2 atom stereocenters. The lowest BCUT2D eigenvalue weighted by atomic mass is 9.86. The molecule has 0 radical (unpaired) electrons. The van der Waals surface area contributed by atoms with Crippen molar-refractivity contribution in [1.82, 2.24) is 4.57 Å². The fourth-order valence-corrected chi connectivity index (χ4v) is 7.32. The van der Waals surface area contributed by atoms with Gasteiger partial charge in [0, 0.05) is 33.8 Å². The van der Waals surface area contributed by atoms with Crippen LogP contribution in [0.1, 0.15) is 17.0 Å². The smallest absolute Gasteiger partial charge is 0.0630 e. The molecule has 2 heterocycles. The lowest BCUT2D eigenvalue weighted by Gasteiger charge is -2.30.